The Kier molecular flexibility index (Phi) is 13.6. The van der Waals surface area contributed by atoms with Gasteiger partial charge in [0.15, 0.2) is 5.78 Å². The van der Waals surface area contributed by atoms with Crippen LogP contribution < -0.4 is 9.47 Å². The van der Waals surface area contributed by atoms with E-state index in [1.807, 2.05) is 51.3 Å². The van der Waals surface area contributed by atoms with E-state index in [0.29, 0.717) is 82.8 Å². The number of ether oxygens (including phenoxy) is 4. The summed E-state index contributed by atoms with van der Waals surface area (Å²) in [5, 5.41) is 4.02. The number of morpholine rings is 1. The number of benzene rings is 1. The van der Waals surface area contributed by atoms with Gasteiger partial charge < -0.3 is 23.8 Å². The fourth-order valence-corrected chi connectivity index (χ4v) is 11.6. The van der Waals surface area contributed by atoms with Crippen LogP contribution in [-0.2, 0) is 35.1 Å². The predicted molar refractivity (Wildman–Crippen MR) is 243 cm³/mol. The maximum atomic E-state index is 15.0. The number of rotatable bonds is 18. The summed E-state index contributed by atoms with van der Waals surface area (Å²) in [7, 11) is 0. The third-order valence-corrected chi connectivity index (χ3v) is 15.6. The third kappa shape index (κ3) is 10.3. The zero-order valence-electron chi connectivity index (χ0n) is 38.1. The Labute approximate surface area is 381 Å². The number of pyridine rings is 1. The van der Waals surface area contributed by atoms with Crippen LogP contribution in [0.15, 0.2) is 23.6 Å². The van der Waals surface area contributed by atoms with E-state index in [1.165, 1.54) is 6.42 Å². The minimum absolute atomic E-state index is 0.0157. The Bertz CT molecular complexity index is 2190. The fraction of sp³-hybridized carbons (Fsp3) is 0.673. The molecule has 342 valence electrons. The van der Waals surface area contributed by atoms with E-state index in [-0.39, 0.29) is 61.3 Å². The third-order valence-electron chi connectivity index (χ3n) is 14.4. The van der Waals surface area contributed by atoms with Crippen LogP contribution in [0.3, 0.4) is 0 Å². The van der Waals surface area contributed by atoms with Crippen LogP contribution in [0, 0.1) is 40.4 Å². The molecule has 4 heterocycles. The van der Waals surface area contributed by atoms with E-state index < -0.39 is 28.9 Å². The molecule has 5 aliphatic rings. The van der Waals surface area contributed by atoms with Crippen LogP contribution in [0.25, 0.3) is 22.3 Å². The molecular weight excluding hydrogens is 840 g/mol. The molecule has 8 rings (SSSR count). The molecule has 63 heavy (non-hydrogen) atoms. The first kappa shape index (κ1) is 45.9. The van der Waals surface area contributed by atoms with E-state index in [9.17, 15) is 19.2 Å². The normalized spacial score (nSPS) is 27.3. The maximum absolute atomic E-state index is 15.0. The van der Waals surface area contributed by atoms with Crippen molar-refractivity contribution < 1.29 is 38.1 Å². The lowest BCUT2D eigenvalue weighted by Crippen LogP contribution is -2.48. The minimum Gasteiger partial charge on any atom is -0.491 e. The van der Waals surface area contributed by atoms with Gasteiger partial charge in [-0.2, -0.15) is 0 Å². The summed E-state index contributed by atoms with van der Waals surface area (Å²) in [4.78, 5) is 70.0. The van der Waals surface area contributed by atoms with Crippen molar-refractivity contribution in [2.24, 2.45) is 40.4 Å². The minimum atomic E-state index is -0.834. The number of carbonyl (C=O) groups is 4. The summed E-state index contributed by atoms with van der Waals surface area (Å²) in [6.07, 6.45) is 4.85. The van der Waals surface area contributed by atoms with E-state index >= 15 is 0 Å². The number of Topliss-reactive ketones (excluding diaryl/α,β-unsaturated/α-hetero) is 2. The van der Waals surface area contributed by atoms with Crippen molar-refractivity contribution in [3.05, 3.63) is 33.6 Å². The topological polar surface area (TPSA) is 137 Å². The van der Waals surface area contributed by atoms with Crippen molar-refractivity contribution in [3.8, 4) is 22.9 Å². The summed E-state index contributed by atoms with van der Waals surface area (Å²) in [5.41, 5.74) is 0.474. The molecule has 14 heteroatoms. The van der Waals surface area contributed by atoms with Crippen LogP contribution in [0.5, 0.6) is 11.5 Å². The van der Waals surface area contributed by atoms with Crippen LogP contribution in [-0.4, -0.2) is 107 Å². The average molecular weight is 906 g/mol. The number of hydrogen-bond acceptors (Lipinski definition) is 12. The Morgan fingerprint density at radius 1 is 1.00 bits per heavy atom. The number of thiazole rings is 1. The highest BCUT2D eigenvalue weighted by Crippen LogP contribution is 2.58. The average Bonchev–Trinajstić information content (AvgIpc) is 3.91. The Morgan fingerprint density at radius 2 is 1.75 bits per heavy atom. The molecular formula is C49H65ClN4O8S. The summed E-state index contributed by atoms with van der Waals surface area (Å²) in [6, 6.07) is 4.77. The number of nitrogens with zero attached hydrogens (tertiary/aromatic N) is 4. The zero-order chi connectivity index (χ0) is 44.8. The summed E-state index contributed by atoms with van der Waals surface area (Å²) in [6.45, 7) is 18.2. The first-order chi connectivity index (χ1) is 30.0. The van der Waals surface area contributed by atoms with Crippen molar-refractivity contribution in [1.82, 2.24) is 19.8 Å². The molecule has 3 aromatic rings. The first-order valence-corrected chi connectivity index (χ1v) is 24.5. The lowest BCUT2D eigenvalue weighted by atomic mass is 9.77. The molecule has 2 aliphatic heterocycles. The van der Waals surface area contributed by atoms with Gasteiger partial charge in [-0.25, -0.2) is 9.97 Å². The second kappa shape index (κ2) is 18.7. The van der Waals surface area contributed by atoms with Crippen molar-refractivity contribution >= 4 is 57.3 Å². The number of ketones is 2. The smallest absolute Gasteiger partial charge is 0.306 e. The van der Waals surface area contributed by atoms with Crippen LogP contribution >= 0.6 is 22.9 Å². The highest BCUT2D eigenvalue weighted by atomic mass is 35.5. The van der Waals surface area contributed by atoms with Gasteiger partial charge in [-0.3, -0.25) is 24.1 Å². The SMILES string of the molecule is CCC1C[C@]1(CC(=O)[C@@H]1CC(Oc2cc(-c3csc(CC(C)C)n3)nc3c(Cl)c(OCCN4CCOCC4)ccc23)CN1C(=O)[C@@H](CC(=O)OC1C[C@@H]2C[C@@H]2C1)C(C)(C)C)C(C)=O. The molecule has 2 aromatic heterocycles. The highest BCUT2D eigenvalue weighted by molar-refractivity contribution is 7.09. The van der Waals surface area contributed by atoms with Gasteiger partial charge in [0.2, 0.25) is 5.91 Å². The lowest BCUT2D eigenvalue weighted by molar-refractivity contribution is -0.156. The number of likely N-dealkylation sites (tertiary alicyclic amines) is 1. The first-order valence-electron chi connectivity index (χ1n) is 23.2. The van der Waals surface area contributed by atoms with Crippen molar-refractivity contribution in [2.45, 2.75) is 125 Å². The van der Waals surface area contributed by atoms with Crippen LogP contribution in [0.2, 0.25) is 5.02 Å². The van der Waals surface area contributed by atoms with Gasteiger partial charge in [-0.05, 0) is 73.8 Å². The van der Waals surface area contributed by atoms with Crippen LogP contribution in [0.4, 0.5) is 0 Å². The summed E-state index contributed by atoms with van der Waals surface area (Å²) < 4.78 is 24.6. The van der Waals surface area contributed by atoms with Crippen LogP contribution in [0.1, 0.15) is 105 Å². The Morgan fingerprint density at radius 3 is 2.41 bits per heavy atom. The fourth-order valence-electron chi connectivity index (χ4n) is 10.4. The Hall–Kier alpha value is -3.65. The molecule has 0 spiro atoms. The molecule has 12 nitrogen and oxygen atoms in total. The van der Waals surface area contributed by atoms with Gasteiger partial charge in [0.25, 0.3) is 0 Å². The van der Waals surface area contributed by atoms with Gasteiger partial charge in [-0.1, -0.05) is 59.6 Å². The summed E-state index contributed by atoms with van der Waals surface area (Å²) >= 11 is 8.74. The molecule has 3 saturated carbocycles. The molecule has 3 aliphatic carbocycles. The van der Waals surface area contributed by atoms with Gasteiger partial charge in [0.1, 0.15) is 41.1 Å². The van der Waals surface area contributed by atoms with E-state index in [1.54, 1.807) is 23.2 Å². The zero-order valence-corrected chi connectivity index (χ0v) is 39.7. The molecule has 8 atom stereocenters. The lowest BCUT2D eigenvalue weighted by Gasteiger charge is -2.35. The monoisotopic (exact) mass is 904 g/mol. The molecule has 0 bridgehead atoms. The van der Waals surface area contributed by atoms with E-state index in [0.717, 1.165) is 50.3 Å². The van der Waals surface area contributed by atoms with Gasteiger partial charge >= 0.3 is 5.97 Å². The molecule has 5 fully saturated rings. The van der Waals surface area contributed by atoms with Gasteiger partial charge in [0, 0.05) is 61.1 Å². The predicted octanol–water partition coefficient (Wildman–Crippen LogP) is 8.63. The number of esters is 1. The molecule has 3 unspecified atom stereocenters. The molecule has 0 radical (unpaired) electrons. The second-order valence-electron chi connectivity index (χ2n) is 20.4. The standard InChI is InChI=1S/C49H65ClN4O8S/c1-8-32-24-49(32,29(4)55)25-40(56)39-21-34(26-54(39)47(58)36(48(5,6)7)22-44(57)62-33-19-30-18-31(30)20-33)61-42-23-37(38-27-63-43(51-38)17-28(2)3)52-46-35(42)9-10-41(45(46)50)60-16-13-53-11-14-59-15-12-53/h9-10,23,27-28,30-34,36,39H,8,11-22,24-26H2,1-7H3/t30-,31+,32?,33?,34?,36-,39+,49+/m1/s1. The highest BCUT2D eigenvalue weighted by Gasteiger charge is 2.59. The number of amides is 1. The molecule has 1 amide bonds. The molecule has 1 aromatic carbocycles. The van der Waals surface area contributed by atoms with Gasteiger partial charge in [-0.15, -0.1) is 11.3 Å². The largest absolute Gasteiger partial charge is 0.491 e. The van der Waals surface area contributed by atoms with E-state index in [2.05, 4.69) is 18.7 Å². The number of carbonyl (C=O) groups excluding carboxylic acids is 4. The number of fused-ring (bicyclic) bond motifs is 2. The second-order valence-corrected chi connectivity index (χ2v) is 21.7. The number of halogens is 1. The summed E-state index contributed by atoms with van der Waals surface area (Å²) in [5.74, 6) is 1.37. The van der Waals surface area contributed by atoms with Crippen molar-refractivity contribution in [2.75, 3.05) is 46.0 Å². The molecule has 2 saturated heterocycles. The molecule has 0 N–H and O–H groups in total. The van der Waals surface area contributed by atoms with Crippen molar-refractivity contribution in [1.29, 1.82) is 0 Å². The maximum Gasteiger partial charge on any atom is 0.306 e. The van der Waals surface area contributed by atoms with Crippen molar-refractivity contribution in [3.63, 3.8) is 0 Å². The number of aromatic nitrogens is 2. The quantitative estimate of drug-likeness (QED) is 0.114. The van der Waals surface area contributed by atoms with E-state index in [4.69, 9.17) is 40.5 Å². The number of hydrogen-bond donors (Lipinski definition) is 0. The van der Waals surface area contributed by atoms with Gasteiger partial charge in [0.05, 0.1) is 60.1 Å². The Balaban J connectivity index is 1.09.